The molecule has 0 saturated carbocycles. The molecule has 13 nitrogen and oxygen atoms in total. The number of unbranched alkanes of at least 4 members (excludes halogenated alkanes) is 12. The van der Waals surface area contributed by atoms with Gasteiger partial charge in [-0.05, 0) is 43.0 Å². The van der Waals surface area contributed by atoms with Crippen molar-refractivity contribution in [1.82, 2.24) is 0 Å². The highest BCUT2D eigenvalue weighted by atomic mass is 16.7. The van der Waals surface area contributed by atoms with Crippen molar-refractivity contribution in [3.63, 3.8) is 0 Å². The number of aliphatic hydroxyl groups is 3. The number of aliphatic carboxylic acids is 1. The number of rotatable bonds is 20. The second-order valence-electron chi connectivity index (χ2n) is 12.7. The summed E-state index contributed by atoms with van der Waals surface area (Å²) in [6, 6.07) is 4.68. The van der Waals surface area contributed by atoms with Crippen molar-refractivity contribution in [2.24, 2.45) is 0 Å². The van der Waals surface area contributed by atoms with Crippen LogP contribution in [-0.2, 0) is 16.0 Å². The lowest BCUT2D eigenvalue weighted by Gasteiger charge is -2.38. The van der Waals surface area contributed by atoms with Crippen LogP contribution in [-0.4, -0.2) is 84.4 Å². The first-order valence-corrected chi connectivity index (χ1v) is 17.1. The summed E-state index contributed by atoms with van der Waals surface area (Å²) in [6.45, 7) is 3.64. The van der Waals surface area contributed by atoms with Crippen molar-refractivity contribution >= 4 is 17.9 Å². The van der Waals surface area contributed by atoms with Crippen molar-refractivity contribution in [3.8, 4) is 23.0 Å². The van der Waals surface area contributed by atoms with E-state index in [1.807, 2.05) is 0 Å². The van der Waals surface area contributed by atoms with Gasteiger partial charge in [0.05, 0.1) is 0 Å². The molecule has 0 radical (unpaired) electrons. The van der Waals surface area contributed by atoms with Crippen LogP contribution < -0.4 is 9.47 Å². The van der Waals surface area contributed by atoms with Gasteiger partial charge in [0.25, 0.3) is 0 Å². The Hall–Kier alpha value is -3.91. The van der Waals surface area contributed by atoms with Crippen molar-refractivity contribution in [1.29, 1.82) is 0 Å². The molecule has 0 unspecified atom stereocenters. The number of ether oxygens (including phenoxy) is 3. The maximum atomic E-state index is 13.4. The van der Waals surface area contributed by atoms with E-state index in [-0.39, 0.29) is 28.2 Å². The van der Waals surface area contributed by atoms with Crippen LogP contribution >= 0.6 is 0 Å². The minimum atomic E-state index is -1.92. The van der Waals surface area contributed by atoms with Crippen LogP contribution in [0.5, 0.6) is 23.0 Å². The first-order chi connectivity index (χ1) is 23.3. The quantitative estimate of drug-likeness (QED) is 0.0538. The molecule has 1 aliphatic heterocycles. The number of esters is 1. The molecule has 5 atom stereocenters. The van der Waals surface area contributed by atoms with E-state index in [9.17, 15) is 50.1 Å². The minimum Gasteiger partial charge on any atom is -0.507 e. The molecule has 0 amide bonds. The number of aryl methyl sites for hydroxylation is 2. The number of carbonyl (C=O) groups is 3. The van der Waals surface area contributed by atoms with Crippen LogP contribution in [0.2, 0.25) is 0 Å². The highest BCUT2D eigenvalue weighted by molar-refractivity contribution is 5.96. The molecule has 0 spiro atoms. The highest BCUT2D eigenvalue weighted by Crippen LogP contribution is 2.34. The number of hydrogen-bond donors (Lipinski definition) is 7. The monoisotopic (exact) mass is 690 g/mol. The Labute approximate surface area is 286 Å². The van der Waals surface area contributed by atoms with E-state index >= 15 is 0 Å². The molecule has 2 aromatic rings. The van der Waals surface area contributed by atoms with Crippen molar-refractivity contribution in [3.05, 3.63) is 46.5 Å². The minimum absolute atomic E-state index is 0.116. The van der Waals surface area contributed by atoms with Gasteiger partial charge in [-0.2, -0.15) is 0 Å². The zero-order chi connectivity index (χ0) is 36.1. The smallest absolute Gasteiger partial charge is 0.347 e. The lowest BCUT2D eigenvalue weighted by atomic mass is 9.98. The molecular weight excluding hydrogens is 640 g/mol. The molecule has 13 heteroatoms. The number of carboxylic acid groups (broad SMARTS) is 2. The van der Waals surface area contributed by atoms with Gasteiger partial charge in [-0.25, -0.2) is 14.4 Å². The van der Waals surface area contributed by atoms with Gasteiger partial charge in [-0.3, -0.25) is 0 Å². The topological polar surface area (TPSA) is 221 Å². The fraction of sp³-hybridized carbons (Fsp3) is 0.583. The van der Waals surface area contributed by atoms with E-state index in [0.29, 0.717) is 18.4 Å². The van der Waals surface area contributed by atoms with Crippen LogP contribution in [0.3, 0.4) is 0 Å². The molecular formula is C36H50O13. The number of aromatic carboxylic acids is 1. The maximum Gasteiger partial charge on any atom is 0.347 e. The third kappa shape index (κ3) is 11.3. The summed E-state index contributed by atoms with van der Waals surface area (Å²) in [5.41, 5.74) is -0.114. The molecule has 3 rings (SSSR count). The molecule has 0 bridgehead atoms. The summed E-state index contributed by atoms with van der Waals surface area (Å²) < 4.78 is 16.2. The fourth-order valence-electron chi connectivity index (χ4n) is 6.01. The second-order valence-corrected chi connectivity index (χ2v) is 12.7. The lowest BCUT2D eigenvalue weighted by molar-refractivity contribution is -0.271. The van der Waals surface area contributed by atoms with Crippen LogP contribution in [0.1, 0.15) is 122 Å². The van der Waals surface area contributed by atoms with Gasteiger partial charge < -0.3 is 50.0 Å². The van der Waals surface area contributed by atoms with Crippen LogP contribution in [0.25, 0.3) is 0 Å². The molecule has 49 heavy (non-hydrogen) atoms. The predicted molar refractivity (Wildman–Crippen MR) is 177 cm³/mol. The van der Waals surface area contributed by atoms with Gasteiger partial charge in [-0.15, -0.1) is 0 Å². The summed E-state index contributed by atoms with van der Waals surface area (Å²) in [7, 11) is 0. The Morgan fingerprint density at radius 3 is 1.76 bits per heavy atom. The second kappa shape index (κ2) is 19.3. The predicted octanol–water partition coefficient (Wildman–Crippen LogP) is 5.23. The average molecular weight is 691 g/mol. The van der Waals surface area contributed by atoms with Crippen molar-refractivity contribution < 1.29 is 64.3 Å². The number of aromatic hydroxyl groups is 2. The van der Waals surface area contributed by atoms with Gasteiger partial charge >= 0.3 is 17.9 Å². The highest BCUT2D eigenvalue weighted by Gasteiger charge is 2.48. The lowest BCUT2D eigenvalue weighted by Crippen LogP contribution is -2.61. The third-order valence-electron chi connectivity index (χ3n) is 8.70. The number of carbonyl (C=O) groups excluding carboxylic acids is 1. The number of phenols is 2. The number of phenolic OH excluding ortho intramolecular Hbond substituents is 1. The van der Waals surface area contributed by atoms with E-state index in [1.165, 1.54) is 70.4 Å². The average Bonchev–Trinajstić information content (AvgIpc) is 3.02. The fourth-order valence-corrected chi connectivity index (χ4v) is 6.01. The first-order valence-electron chi connectivity index (χ1n) is 17.1. The van der Waals surface area contributed by atoms with Crippen molar-refractivity contribution in [2.75, 3.05) is 0 Å². The molecule has 272 valence electrons. The molecule has 1 heterocycles. The zero-order valence-electron chi connectivity index (χ0n) is 28.2. The largest absolute Gasteiger partial charge is 0.507 e. The normalized spacial score (nSPS) is 20.6. The number of carboxylic acids is 2. The Morgan fingerprint density at radius 1 is 0.694 bits per heavy atom. The summed E-state index contributed by atoms with van der Waals surface area (Å²) in [5.74, 6) is -5.38. The first kappa shape index (κ1) is 39.5. The third-order valence-corrected chi connectivity index (χ3v) is 8.70. The Morgan fingerprint density at radius 2 is 1.22 bits per heavy atom. The Bertz CT molecular complexity index is 1380. The zero-order valence-corrected chi connectivity index (χ0v) is 28.2. The van der Waals surface area contributed by atoms with Crippen LogP contribution in [0.4, 0.5) is 0 Å². The maximum absolute atomic E-state index is 13.4. The summed E-state index contributed by atoms with van der Waals surface area (Å²) in [6.07, 6.45) is 5.70. The summed E-state index contributed by atoms with van der Waals surface area (Å²) in [5, 5.41) is 70.4. The molecule has 0 aromatic heterocycles. The SMILES string of the molecule is CCCCCCCCCCCCCCCc1cc(O[C@@H]2O[C@@H](C(=O)O)[C@@H](O)[C@H](O)[C@H]2O)cc(O)c1C(=O)Oc1cc(C)c(C(=O)O)c(O)c1. The summed E-state index contributed by atoms with van der Waals surface area (Å²) >= 11 is 0. The van der Waals surface area contributed by atoms with Crippen LogP contribution in [0.15, 0.2) is 24.3 Å². The van der Waals surface area contributed by atoms with Gasteiger partial charge in [0, 0.05) is 12.1 Å². The molecule has 1 aliphatic rings. The Kier molecular flexibility index (Phi) is 15.6. The van der Waals surface area contributed by atoms with Gasteiger partial charge in [0.1, 0.15) is 52.4 Å². The van der Waals surface area contributed by atoms with Crippen molar-refractivity contribution in [2.45, 2.75) is 134 Å². The number of hydrogen-bond acceptors (Lipinski definition) is 11. The van der Waals surface area contributed by atoms with Gasteiger partial charge in [0.2, 0.25) is 6.29 Å². The summed E-state index contributed by atoms with van der Waals surface area (Å²) in [4.78, 5) is 36.3. The van der Waals surface area contributed by atoms with E-state index in [4.69, 9.17) is 14.2 Å². The van der Waals surface area contributed by atoms with E-state index < -0.39 is 60.1 Å². The van der Waals surface area contributed by atoms with Gasteiger partial charge in [0.15, 0.2) is 6.10 Å². The van der Waals surface area contributed by atoms with E-state index in [2.05, 4.69) is 6.92 Å². The molecule has 2 aromatic carbocycles. The van der Waals surface area contributed by atoms with E-state index in [0.717, 1.165) is 37.8 Å². The molecule has 1 saturated heterocycles. The molecule has 7 N–H and O–H groups in total. The van der Waals surface area contributed by atoms with Gasteiger partial charge in [-0.1, -0.05) is 84.0 Å². The molecule has 1 fully saturated rings. The van der Waals surface area contributed by atoms with E-state index in [1.54, 1.807) is 0 Å². The van der Waals surface area contributed by atoms with Crippen LogP contribution in [0, 0.1) is 6.92 Å². The molecule has 0 aliphatic carbocycles. The standard InChI is InChI=1S/C36H50O13/c1-3-4-5-6-7-8-9-10-11-12-13-14-15-16-22-18-24(48-36-31(41)29(39)30(40)32(49-36)34(44)45)20-26(38)28(22)35(46)47-23-17-21(2)27(33(42)43)25(37)19-23/h17-20,29-32,36-41H,3-16H2,1-2H3,(H,42,43)(H,44,45)/t29-,30-,31+,32+,36+/m0/s1. The Balaban J connectivity index is 1.72. The number of benzene rings is 2. The number of aliphatic hydroxyl groups excluding tert-OH is 3.